The number of amides is 2. The van der Waals surface area contributed by atoms with Crippen molar-refractivity contribution in [3.8, 4) is 10.6 Å². The quantitative estimate of drug-likeness (QED) is 0.385. The normalized spacial score (nSPS) is 11.8. The lowest BCUT2D eigenvalue weighted by Crippen LogP contribution is -2.47. The standard InChI is InChI=1S/C21H20ClN5O4S/c1-11(2)17(23-18(28)15-9-8-14(27(30)31)10-16(15)22)19(29)24-21-26-25-20(32-21)13-6-4-12(3)5-7-13/h4-11,17H,1-3H3,(H,23,28)(H,24,26,29). The monoisotopic (exact) mass is 473 g/mol. The summed E-state index contributed by atoms with van der Waals surface area (Å²) in [5.74, 6) is -1.32. The molecule has 166 valence electrons. The Labute approximate surface area is 193 Å². The number of rotatable bonds is 7. The van der Waals surface area contributed by atoms with E-state index in [1.807, 2.05) is 31.2 Å². The highest BCUT2D eigenvalue weighted by Gasteiger charge is 2.27. The summed E-state index contributed by atoms with van der Waals surface area (Å²) in [7, 11) is 0. The molecule has 0 bridgehead atoms. The van der Waals surface area contributed by atoms with Gasteiger partial charge in [-0.1, -0.05) is 66.6 Å². The van der Waals surface area contributed by atoms with Crippen molar-refractivity contribution in [2.45, 2.75) is 26.8 Å². The molecule has 32 heavy (non-hydrogen) atoms. The Morgan fingerprint density at radius 1 is 1.12 bits per heavy atom. The zero-order chi connectivity index (χ0) is 23.4. The highest BCUT2D eigenvalue weighted by atomic mass is 35.5. The van der Waals surface area contributed by atoms with E-state index in [-0.39, 0.29) is 22.2 Å². The first-order valence-corrected chi connectivity index (χ1v) is 10.8. The van der Waals surface area contributed by atoms with Crippen molar-refractivity contribution >= 4 is 45.6 Å². The fraction of sp³-hybridized carbons (Fsp3) is 0.238. The van der Waals surface area contributed by atoms with Gasteiger partial charge in [-0.3, -0.25) is 25.0 Å². The Hall–Kier alpha value is -3.37. The van der Waals surface area contributed by atoms with Gasteiger partial charge in [0.1, 0.15) is 11.0 Å². The summed E-state index contributed by atoms with van der Waals surface area (Å²) in [4.78, 5) is 35.7. The minimum absolute atomic E-state index is 0.0355. The number of aryl methyl sites for hydroxylation is 1. The maximum atomic E-state index is 12.8. The van der Waals surface area contributed by atoms with Crippen molar-refractivity contribution in [2.75, 3.05) is 5.32 Å². The number of nitrogens with zero attached hydrogens (tertiary/aromatic N) is 3. The Kier molecular flexibility index (Phi) is 7.16. The van der Waals surface area contributed by atoms with Gasteiger partial charge in [0.25, 0.3) is 11.6 Å². The smallest absolute Gasteiger partial charge is 0.270 e. The lowest BCUT2D eigenvalue weighted by molar-refractivity contribution is -0.384. The number of benzene rings is 2. The molecule has 1 atom stereocenters. The molecule has 1 unspecified atom stereocenters. The average Bonchev–Trinajstić information content (AvgIpc) is 3.20. The zero-order valence-electron chi connectivity index (χ0n) is 17.5. The number of nitro benzene ring substituents is 1. The van der Waals surface area contributed by atoms with Gasteiger partial charge >= 0.3 is 0 Å². The highest BCUT2D eigenvalue weighted by molar-refractivity contribution is 7.18. The van der Waals surface area contributed by atoms with Gasteiger partial charge in [-0.2, -0.15) is 0 Å². The number of carbonyl (C=O) groups is 2. The van der Waals surface area contributed by atoms with Crippen molar-refractivity contribution in [1.82, 2.24) is 15.5 Å². The minimum atomic E-state index is -0.888. The van der Waals surface area contributed by atoms with Crippen molar-refractivity contribution in [3.63, 3.8) is 0 Å². The summed E-state index contributed by atoms with van der Waals surface area (Å²) < 4.78 is 0. The third kappa shape index (κ3) is 5.45. The molecular weight excluding hydrogens is 454 g/mol. The van der Waals surface area contributed by atoms with Crippen LogP contribution >= 0.6 is 22.9 Å². The Morgan fingerprint density at radius 3 is 2.41 bits per heavy atom. The van der Waals surface area contributed by atoms with E-state index in [1.54, 1.807) is 13.8 Å². The zero-order valence-corrected chi connectivity index (χ0v) is 19.0. The largest absolute Gasteiger partial charge is 0.340 e. The number of hydrogen-bond acceptors (Lipinski definition) is 7. The van der Waals surface area contributed by atoms with Crippen LogP contribution in [0.4, 0.5) is 10.8 Å². The molecule has 2 aromatic carbocycles. The molecule has 11 heteroatoms. The molecule has 9 nitrogen and oxygen atoms in total. The van der Waals surface area contributed by atoms with E-state index in [4.69, 9.17) is 11.6 Å². The molecule has 0 spiro atoms. The number of hydrogen-bond donors (Lipinski definition) is 2. The molecule has 0 aliphatic carbocycles. The summed E-state index contributed by atoms with van der Waals surface area (Å²) in [6.45, 7) is 5.54. The minimum Gasteiger partial charge on any atom is -0.340 e. The van der Waals surface area contributed by atoms with Crippen LogP contribution in [0.3, 0.4) is 0 Å². The predicted molar refractivity (Wildman–Crippen MR) is 123 cm³/mol. The first-order valence-electron chi connectivity index (χ1n) is 9.62. The number of nitro groups is 1. The molecule has 1 heterocycles. The predicted octanol–water partition coefficient (Wildman–Crippen LogP) is 4.47. The van der Waals surface area contributed by atoms with Crippen LogP contribution in [0.25, 0.3) is 10.6 Å². The van der Waals surface area contributed by atoms with Crippen molar-refractivity contribution in [3.05, 3.63) is 68.7 Å². The van der Waals surface area contributed by atoms with E-state index in [1.165, 1.54) is 23.5 Å². The molecule has 0 aliphatic heterocycles. The fourth-order valence-electron chi connectivity index (χ4n) is 2.83. The van der Waals surface area contributed by atoms with Gasteiger partial charge in [-0.25, -0.2) is 0 Å². The number of aromatic nitrogens is 2. The Bertz CT molecular complexity index is 1160. The number of halogens is 1. The number of anilines is 1. The molecule has 2 N–H and O–H groups in total. The maximum Gasteiger partial charge on any atom is 0.270 e. The van der Waals surface area contributed by atoms with Gasteiger partial charge < -0.3 is 5.32 Å². The van der Waals surface area contributed by atoms with E-state index in [9.17, 15) is 19.7 Å². The van der Waals surface area contributed by atoms with Gasteiger partial charge in [0.2, 0.25) is 11.0 Å². The second kappa shape index (κ2) is 9.84. The summed E-state index contributed by atoms with van der Waals surface area (Å²) in [6.07, 6.45) is 0. The fourth-order valence-corrected chi connectivity index (χ4v) is 3.84. The van der Waals surface area contributed by atoms with Gasteiger partial charge in [-0.15, -0.1) is 10.2 Å². The molecule has 0 saturated heterocycles. The van der Waals surface area contributed by atoms with E-state index >= 15 is 0 Å². The SMILES string of the molecule is Cc1ccc(-c2nnc(NC(=O)C(NC(=O)c3ccc([N+](=O)[O-])cc3Cl)C(C)C)s2)cc1. The average molecular weight is 474 g/mol. The Balaban J connectivity index is 1.72. The summed E-state index contributed by atoms with van der Waals surface area (Å²) in [6, 6.07) is 10.4. The third-order valence-electron chi connectivity index (χ3n) is 4.60. The Morgan fingerprint density at radius 2 is 1.81 bits per heavy atom. The van der Waals surface area contributed by atoms with Crippen molar-refractivity contribution in [2.24, 2.45) is 5.92 Å². The van der Waals surface area contributed by atoms with Crippen LogP contribution in [0.2, 0.25) is 5.02 Å². The van der Waals surface area contributed by atoms with Crippen LogP contribution in [0.5, 0.6) is 0 Å². The maximum absolute atomic E-state index is 12.8. The molecule has 2 amide bonds. The molecule has 0 fully saturated rings. The second-order valence-electron chi connectivity index (χ2n) is 7.38. The van der Waals surface area contributed by atoms with Crippen LogP contribution in [0.15, 0.2) is 42.5 Å². The first-order chi connectivity index (χ1) is 15.2. The summed E-state index contributed by atoms with van der Waals surface area (Å²) >= 11 is 7.25. The molecule has 3 aromatic rings. The van der Waals surface area contributed by atoms with Crippen LogP contribution in [0, 0.1) is 23.0 Å². The van der Waals surface area contributed by atoms with Crippen LogP contribution in [-0.4, -0.2) is 33.0 Å². The summed E-state index contributed by atoms with van der Waals surface area (Å²) in [5, 5.41) is 25.2. The summed E-state index contributed by atoms with van der Waals surface area (Å²) in [5.41, 5.74) is 1.81. The van der Waals surface area contributed by atoms with Crippen LogP contribution < -0.4 is 10.6 Å². The van der Waals surface area contributed by atoms with E-state index < -0.39 is 22.8 Å². The molecule has 3 rings (SSSR count). The van der Waals surface area contributed by atoms with E-state index in [2.05, 4.69) is 20.8 Å². The van der Waals surface area contributed by atoms with Gasteiger partial charge in [0.15, 0.2) is 0 Å². The number of nitrogens with one attached hydrogen (secondary N) is 2. The molecule has 0 aliphatic rings. The molecule has 1 aromatic heterocycles. The number of carbonyl (C=O) groups excluding carboxylic acids is 2. The van der Waals surface area contributed by atoms with Gasteiger partial charge in [0, 0.05) is 17.7 Å². The molecule has 0 saturated carbocycles. The third-order valence-corrected chi connectivity index (χ3v) is 5.80. The lowest BCUT2D eigenvalue weighted by Gasteiger charge is -2.21. The van der Waals surface area contributed by atoms with E-state index in [0.29, 0.717) is 10.1 Å². The topological polar surface area (TPSA) is 127 Å². The van der Waals surface area contributed by atoms with Crippen molar-refractivity contribution < 1.29 is 14.5 Å². The van der Waals surface area contributed by atoms with Crippen LogP contribution in [0.1, 0.15) is 29.8 Å². The second-order valence-corrected chi connectivity index (χ2v) is 8.77. The lowest BCUT2D eigenvalue weighted by atomic mass is 10.0. The van der Waals surface area contributed by atoms with Gasteiger partial charge in [0.05, 0.1) is 15.5 Å². The first kappa shape index (κ1) is 23.3. The van der Waals surface area contributed by atoms with Crippen molar-refractivity contribution in [1.29, 1.82) is 0 Å². The number of non-ortho nitro benzene ring substituents is 1. The molecular formula is C21H20ClN5O4S. The van der Waals surface area contributed by atoms with E-state index in [0.717, 1.165) is 17.2 Å². The highest BCUT2D eigenvalue weighted by Crippen LogP contribution is 2.27. The molecule has 0 radical (unpaired) electrons. The van der Waals surface area contributed by atoms with Crippen LogP contribution in [-0.2, 0) is 4.79 Å². The van der Waals surface area contributed by atoms with Gasteiger partial charge in [-0.05, 0) is 18.9 Å².